The maximum absolute atomic E-state index is 13.2. The molecule has 0 spiro atoms. The number of thiophene rings is 1. The van der Waals surface area contributed by atoms with Crippen LogP contribution in [0.4, 0.5) is 0 Å². The molecular weight excluding hydrogens is 372 g/mol. The number of aromatic nitrogens is 2. The summed E-state index contributed by atoms with van der Waals surface area (Å²) >= 11 is 7.86. The van der Waals surface area contributed by atoms with Gasteiger partial charge in [-0.25, -0.2) is 4.98 Å². The SMILES string of the molecule is COC(=O)CCCn1c(-c2ccccc2Cl)nc2sc(C)c(C)c2c1=O. The minimum atomic E-state index is -0.297. The molecule has 26 heavy (non-hydrogen) atoms. The third kappa shape index (κ3) is 3.39. The first kappa shape index (κ1) is 18.6. The lowest BCUT2D eigenvalue weighted by Gasteiger charge is -2.13. The zero-order valence-electron chi connectivity index (χ0n) is 14.8. The monoisotopic (exact) mass is 390 g/mol. The van der Waals surface area contributed by atoms with Crippen LogP contribution in [0.5, 0.6) is 0 Å². The van der Waals surface area contributed by atoms with Crippen LogP contribution in [0.1, 0.15) is 23.3 Å². The molecule has 3 aromatic rings. The molecule has 0 saturated carbocycles. The number of methoxy groups -OCH3 is 1. The molecule has 136 valence electrons. The van der Waals surface area contributed by atoms with E-state index in [-0.39, 0.29) is 17.9 Å². The lowest BCUT2D eigenvalue weighted by Crippen LogP contribution is -2.24. The van der Waals surface area contributed by atoms with Crippen molar-refractivity contribution in [1.29, 1.82) is 0 Å². The highest BCUT2D eigenvalue weighted by molar-refractivity contribution is 7.18. The van der Waals surface area contributed by atoms with Crippen molar-refractivity contribution in [3.63, 3.8) is 0 Å². The van der Waals surface area contributed by atoms with Gasteiger partial charge in [-0.3, -0.25) is 14.2 Å². The molecule has 0 aliphatic heterocycles. The second kappa shape index (κ2) is 7.60. The molecule has 5 nitrogen and oxygen atoms in total. The molecular formula is C19H19ClN2O3S. The molecule has 0 bridgehead atoms. The molecule has 0 fully saturated rings. The van der Waals surface area contributed by atoms with Crippen LogP contribution in [0.3, 0.4) is 0 Å². The second-order valence-electron chi connectivity index (χ2n) is 6.02. The molecule has 0 unspecified atom stereocenters. The third-order valence-electron chi connectivity index (χ3n) is 4.39. The Morgan fingerprint density at radius 3 is 2.73 bits per heavy atom. The van der Waals surface area contributed by atoms with E-state index in [2.05, 4.69) is 4.74 Å². The number of rotatable bonds is 5. The van der Waals surface area contributed by atoms with Crippen molar-refractivity contribution < 1.29 is 9.53 Å². The van der Waals surface area contributed by atoms with E-state index in [0.29, 0.717) is 39.6 Å². The number of esters is 1. The summed E-state index contributed by atoms with van der Waals surface area (Å²) in [5.41, 5.74) is 1.56. The first-order valence-corrected chi connectivity index (χ1v) is 9.45. The number of ether oxygens (including phenoxy) is 1. The maximum Gasteiger partial charge on any atom is 0.305 e. The number of halogens is 1. The minimum absolute atomic E-state index is 0.100. The average molecular weight is 391 g/mol. The number of carbonyl (C=O) groups excluding carboxylic acids is 1. The standard InChI is InChI=1S/C19H19ClN2O3S/c1-11-12(2)26-18-16(11)19(24)22(10-6-9-15(23)25-3)17(21-18)13-7-4-5-8-14(13)20/h4-5,7-8H,6,9-10H2,1-3H3. The molecule has 2 aromatic heterocycles. The molecule has 0 atom stereocenters. The Bertz CT molecular complexity index is 1040. The van der Waals surface area contributed by atoms with Gasteiger partial charge in [0.15, 0.2) is 0 Å². The van der Waals surface area contributed by atoms with Gasteiger partial charge in [-0.1, -0.05) is 23.7 Å². The fourth-order valence-electron chi connectivity index (χ4n) is 2.87. The van der Waals surface area contributed by atoms with Crippen molar-refractivity contribution in [2.24, 2.45) is 0 Å². The van der Waals surface area contributed by atoms with Crippen LogP contribution in [0.25, 0.3) is 21.6 Å². The predicted octanol–water partition coefficient (Wildman–Crippen LogP) is 4.35. The van der Waals surface area contributed by atoms with Crippen molar-refractivity contribution >= 4 is 39.1 Å². The Labute approximate surface area is 160 Å². The minimum Gasteiger partial charge on any atom is -0.469 e. The average Bonchev–Trinajstić information content (AvgIpc) is 2.91. The Balaban J connectivity index is 2.18. The Morgan fingerprint density at radius 2 is 2.04 bits per heavy atom. The molecule has 0 N–H and O–H groups in total. The van der Waals surface area contributed by atoms with Gasteiger partial charge in [-0.15, -0.1) is 11.3 Å². The van der Waals surface area contributed by atoms with E-state index in [1.807, 2.05) is 32.0 Å². The van der Waals surface area contributed by atoms with Gasteiger partial charge in [0.2, 0.25) is 0 Å². The first-order valence-electron chi connectivity index (χ1n) is 8.26. The van der Waals surface area contributed by atoms with E-state index in [4.69, 9.17) is 16.6 Å². The summed E-state index contributed by atoms with van der Waals surface area (Å²) in [6.07, 6.45) is 0.726. The van der Waals surface area contributed by atoms with Gasteiger partial charge in [0.25, 0.3) is 5.56 Å². The molecule has 7 heteroatoms. The Morgan fingerprint density at radius 1 is 1.31 bits per heavy atom. The summed E-state index contributed by atoms with van der Waals surface area (Å²) in [5, 5.41) is 1.17. The van der Waals surface area contributed by atoms with Gasteiger partial charge in [0, 0.05) is 23.4 Å². The Hall–Kier alpha value is -2.18. The van der Waals surface area contributed by atoms with Crippen molar-refractivity contribution in [2.45, 2.75) is 33.2 Å². The largest absolute Gasteiger partial charge is 0.469 e. The lowest BCUT2D eigenvalue weighted by molar-refractivity contribution is -0.140. The van der Waals surface area contributed by atoms with E-state index in [9.17, 15) is 9.59 Å². The topological polar surface area (TPSA) is 61.2 Å². The smallest absolute Gasteiger partial charge is 0.305 e. The van der Waals surface area contributed by atoms with E-state index in [0.717, 1.165) is 10.4 Å². The van der Waals surface area contributed by atoms with Crippen molar-refractivity contribution in [3.05, 3.63) is 50.1 Å². The summed E-state index contributed by atoms with van der Waals surface area (Å²) in [4.78, 5) is 31.1. The molecule has 0 radical (unpaired) electrons. The zero-order valence-corrected chi connectivity index (χ0v) is 16.4. The lowest BCUT2D eigenvalue weighted by atomic mass is 10.1. The third-order valence-corrected chi connectivity index (χ3v) is 5.82. The van der Waals surface area contributed by atoms with Crippen LogP contribution in [-0.2, 0) is 16.1 Å². The summed E-state index contributed by atoms with van der Waals surface area (Å²) in [6, 6.07) is 7.32. The molecule has 1 aromatic carbocycles. The molecule has 0 amide bonds. The Kier molecular flexibility index (Phi) is 5.44. The fraction of sp³-hybridized carbons (Fsp3) is 0.316. The van der Waals surface area contributed by atoms with Crippen LogP contribution >= 0.6 is 22.9 Å². The van der Waals surface area contributed by atoms with Crippen molar-refractivity contribution in [3.8, 4) is 11.4 Å². The van der Waals surface area contributed by atoms with Crippen molar-refractivity contribution in [2.75, 3.05) is 7.11 Å². The molecule has 2 heterocycles. The van der Waals surface area contributed by atoms with Gasteiger partial charge >= 0.3 is 5.97 Å². The second-order valence-corrected chi connectivity index (χ2v) is 7.63. The number of hydrogen-bond donors (Lipinski definition) is 0. The number of carbonyl (C=O) groups is 1. The predicted molar refractivity (Wildman–Crippen MR) is 105 cm³/mol. The summed E-state index contributed by atoms with van der Waals surface area (Å²) in [7, 11) is 1.36. The molecule has 0 saturated heterocycles. The van der Waals surface area contributed by atoms with Crippen LogP contribution in [0.2, 0.25) is 5.02 Å². The van der Waals surface area contributed by atoms with Crippen LogP contribution in [0.15, 0.2) is 29.1 Å². The first-order chi connectivity index (χ1) is 12.4. The summed E-state index contributed by atoms with van der Waals surface area (Å²) in [6.45, 7) is 4.29. The van der Waals surface area contributed by atoms with Gasteiger partial charge in [0.1, 0.15) is 10.7 Å². The molecule has 0 aliphatic rings. The van der Waals surface area contributed by atoms with E-state index in [1.54, 1.807) is 10.6 Å². The molecule has 0 aliphatic carbocycles. The molecule has 3 rings (SSSR count). The highest BCUT2D eigenvalue weighted by atomic mass is 35.5. The van der Waals surface area contributed by atoms with E-state index >= 15 is 0 Å². The van der Waals surface area contributed by atoms with Gasteiger partial charge in [-0.05, 0) is 38.0 Å². The fourth-order valence-corrected chi connectivity index (χ4v) is 4.11. The van der Waals surface area contributed by atoms with Crippen LogP contribution in [0, 0.1) is 13.8 Å². The number of nitrogens with zero attached hydrogens (tertiary/aromatic N) is 2. The summed E-state index contributed by atoms with van der Waals surface area (Å²) < 4.78 is 6.30. The highest BCUT2D eigenvalue weighted by Gasteiger charge is 2.19. The number of hydrogen-bond acceptors (Lipinski definition) is 5. The number of fused-ring (bicyclic) bond motifs is 1. The van der Waals surface area contributed by atoms with E-state index < -0.39 is 0 Å². The van der Waals surface area contributed by atoms with Gasteiger partial charge in [-0.2, -0.15) is 0 Å². The highest BCUT2D eigenvalue weighted by Crippen LogP contribution is 2.31. The maximum atomic E-state index is 13.2. The van der Waals surface area contributed by atoms with E-state index in [1.165, 1.54) is 18.4 Å². The number of benzene rings is 1. The quantitative estimate of drug-likeness (QED) is 0.607. The van der Waals surface area contributed by atoms with Crippen LogP contribution < -0.4 is 5.56 Å². The summed E-state index contributed by atoms with van der Waals surface area (Å²) in [5.74, 6) is 0.230. The van der Waals surface area contributed by atoms with Crippen molar-refractivity contribution in [1.82, 2.24) is 9.55 Å². The normalized spacial score (nSPS) is 11.1. The number of aryl methyl sites for hydroxylation is 2. The van der Waals surface area contributed by atoms with Crippen LogP contribution in [-0.4, -0.2) is 22.6 Å². The zero-order chi connectivity index (χ0) is 18.8. The van der Waals surface area contributed by atoms with Gasteiger partial charge in [0.05, 0.1) is 17.5 Å². The van der Waals surface area contributed by atoms with Gasteiger partial charge < -0.3 is 4.74 Å².